The van der Waals surface area contributed by atoms with Crippen LogP contribution in [0.3, 0.4) is 0 Å². The molecule has 1 aliphatic rings. The number of guanidine groups is 1. The summed E-state index contributed by atoms with van der Waals surface area (Å²) in [5.74, 6) is 0.952. The van der Waals surface area contributed by atoms with E-state index in [-0.39, 0.29) is 11.6 Å². The number of morpholine rings is 1. The first kappa shape index (κ1) is 19.7. The molecule has 0 amide bonds. The van der Waals surface area contributed by atoms with Gasteiger partial charge in [0.15, 0.2) is 5.96 Å². The lowest BCUT2D eigenvalue weighted by atomic mass is 10.00. The zero-order chi connectivity index (χ0) is 18.6. The molecule has 5 nitrogen and oxygen atoms in total. The number of hydrogen-bond donors (Lipinski definition) is 1. The van der Waals surface area contributed by atoms with Crippen LogP contribution in [0.4, 0.5) is 0 Å². The molecule has 0 saturated carbocycles. The van der Waals surface area contributed by atoms with E-state index in [4.69, 9.17) is 4.74 Å². The quantitative estimate of drug-likeness (QED) is 0.672. The topological polar surface area (TPSA) is 40.1 Å². The van der Waals surface area contributed by atoms with E-state index < -0.39 is 0 Å². The summed E-state index contributed by atoms with van der Waals surface area (Å²) < 4.78 is 6.06. The normalized spacial score (nSPS) is 19.4. The molecule has 1 atom stereocenters. The van der Waals surface area contributed by atoms with Crippen molar-refractivity contribution in [2.45, 2.75) is 39.3 Å². The predicted molar refractivity (Wildman–Crippen MR) is 105 cm³/mol. The van der Waals surface area contributed by atoms with Gasteiger partial charge in [-0.1, -0.05) is 23.8 Å². The van der Waals surface area contributed by atoms with Gasteiger partial charge in [0, 0.05) is 25.7 Å². The Labute approximate surface area is 153 Å². The molecular formula is C20H34N4O. The number of aliphatic imine (C=N–C) groups is 1. The van der Waals surface area contributed by atoms with Gasteiger partial charge in [0.25, 0.3) is 0 Å². The second-order valence-corrected chi connectivity index (χ2v) is 7.77. The molecule has 1 aliphatic heterocycles. The van der Waals surface area contributed by atoms with Crippen molar-refractivity contribution in [2.24, 2.45) is 4.99 Å². The van der Waals surface area contributed by atoms with Crippen LogP contribution in [0.1, 0.15) is 36.6 Å². The minimum atomic E-state index is 0.0647. The van der Waals surface area contributed by atoms with Crippen LogP contribution in [0.15, 0.2) is 23.2 Å². The number of nitrogens with one attached hydrogen (secondary N) is 1. The second-order valence-electron chi connectivity index (χ2n) is 7.77. The van der Waals surface area contributed by atoms with Gasteiger partial charge in [-0.05, 0) is 52.9 Å². The van der Waals surface area contributed by atoms with Crippen molar-refractivity contribution in [3.8, 4) is 0 Å². The fraction of sp³-hybridized carbons (Fsp3) is 0.650. The molecule has 0 spiro atoms. The molecule has 25 heavy (non-hydrogen) atoms. The van der Waals surface area contributed by atoms with Gasteiger partial charge in [0.2, 0.25) is 0 Å². The van der Waals surface area contributed by atoms with Crippen molar-refractivity contribution in [1.82, 2.24) is 15.1 Å². The maximum Gasteiger partial charge on any atom is 0.193 e. The van der Waals surface area contributed by atoms with E-state index in [9.17, 15) is 0 Å². The van der Waals surface area contributed by atoms with Crippen LogP contribution in [0.5, 0.6) is 0 Å². The van der Waals surface area contributed by atoms with Gasteiger partial charge in [-0.3, -0.25) is 4.99 Å². The summed E-state index contributed by atoms with van der Waals surface area (Å²) in [6, 6.07) is 6.59. The summed E-state index contributed by atoms with van der Waals surface area (Å²) in [5, 5.41) is 3.54. The average Bonchev–Trinajstić information content (AvgIpc) is 2.55. The Hall–Kier alpha value is -1.59. The van der Waals surface area contributed by atoms with Gasteiger partial charge in [-0.25, -0.2) is 0 Å². The average molecular weight is 347 g/mol. The Balaban J connectivity index is 2.06. The van der Waals surface area contributed by atoms with E-state index in [0.717, 1.165) is 32.2 Å². The first-order valence-corrected chi connectivity index (χ1v) is 9.06. The van der Waals surface area contributed by atoms with Crippen LogP contribution >= 0.6 is 0 Å². The predicted octanol–water partition coefficient (Wildman–Crippen LogP) is 2.59. The lowest BCUT2D eigenvalue weighted by molar-refractivity contribution is -0.00851. The zero-order valence-electron chi connectivity index (χ0n) is 16.9. The van der Waals surface area contributed by atoms with Crippen LogP contribution < -0.4 is 5.32 Å². The molecule has 140 valence electrons. The highest BCUT2D eigenvalue weighted by atomic mass is 16.5. The van der Waals surface area contributed by atoms with Crippen molar-refractivity contribution < 1.29 is 4.74 Å². The van der Waals surface area contributed by atoms with Gasteiger partial charge in [0.1, 0.15) is 6.10 Å². The number of benzene rings is 1. The Morgan fingerprint density at radius 1 is 1.36 bits per heavy atom. The Bertz CT molecular complexity index is 610. The number of nitrogens with zero attached hydrogens (tertiary/aromatic N) is 3. The van der Waals surface area contributed by atoms with Crippen molar-refractivity contribution in [2.75, 3.05) is 47.4 Å². The highest BCUT2D eigenvalue weighted by Crippen LogP contribution is 2.26. The number of hydrogen-bond acceptors (Lipinski definition) is 3. The van der Waals surface area contributed by atoms with Gasteiger partial charge >= 0.3 is 0 Å². The monoisotopic (exact) mass is 346 g/mol. The summed E-state index contributed by atoms with van der Waals surface area (Å²) >= 11 is 0. The van der Waals surface area contributed by atoms with Crippen LogP contribution in [0, 0.1) is 13.8 Å². The largest absolute Gasteiger partial charge is 0.370 e. The number of aryl methyl sites for hydroxylation is 2. The first-order valence-electron chi connectivity index (χ1n) is 9.06. The van der Waals surface area contributed by atoms with Gasteiger partial charge in [-0.2, -0.15) is 0 Å². The minimum Gasteiger partial charge on any atom is -0.370 e. The Morgan fingerprint density at radius 2 is 2.08 bits per heavy atom. The smallest absolute Gasteiger partial charge is 0.193 e. The van der Waals surface area contributed by atoms with Crippen LogP contribution in [-0.4, -0.2) is 68.7 Å². The summed E-state index contributed by atoms with van der Waals surface area (Å²) in [6.07, 6.45) is 0.0924. The van der Waals surface area contributed by atoms with Crippen molar-refractivity contribution in [1.29, 1.82) is 0 Å². The highest BCUT2D eigenvalue weighted by Gasteiger charge is 2.27. The van der Waals surface area contributed by atoms with Crippen molar-refractivity contribution >= 4 is 5.96 Å². The van der Waals surface area contributed by atoms with E-state index in [2.05, 4.69) is 80.1 Å². The van der Waals surface area contributed by atoms with Gasteiger partial charge in [-0.15, -0.1) is 0 Å². The third-order valence-corrected chi connectivity index (χ3v) is 5.24. The fourth-order valence-corrected chi connectivity index (χ4v) is 3.00. The molecule has 1 aromatic carbocycles. The Kier molecular flexibility index (Phi) is 6.47. The standard InChI is InChI=1S/C20H34N4O/c1-15-8-9-17(16(2)12-15)18-13-24(10-11-25-18)19(21-5)22-14-20(3,4)23(6)7/h8-9,12,18H,10-11,13-14H2,1-7H3,(H,21,22). The molecule has 1 heterocycles. The zero-order valence-corrected chi connectivity index (χ0v) is 16.9. The third-order valence-electron chi connectivity index (χ3n) is 5.24. The van der Waals surface area contributed by atoms with E-state index in [1.165, 1.54) is 16.7 Å². The molecular weight excluding hydrogens is 312 g/mol. The molecule has 1 unspecified atom stereocenters. The molecule has 0 radical (unpaired) electrons. The number of likely N-dealkylation sites (N-methyl/N-ethyl adjacent to an activating group) is 1. The number of rotatable bonds is 4. The summed E-state index contributed by atoms with van der Waals surface area (Å²) in [5.41, 5.74) is 3.93. The summed E-state index contributed by atoms with van der Waals surface area (Å²) in [7, 11) is 6.07. The molecule has 2 rings (SSSR count). The van der Waals surface area contributed by atoms with E-state index in [1.807, 2.05) is 7.05 Å². The SMILES string of the molecule is CN=C(NCC(C)(C)N(C)C)N1CCOC(c2ccc(C)cc2C)C1. The van der Waals surface area contributed by atoms with Crippen molar-refractivity contribution in [3.63, 3.8) is 0 Å². The van der Waals surface area contributed by atoms with E-state index in [0.29, 0.717) is 0 Å². The summed E-state index contributed by atoms with van der Waals surface area (Å²) in [4.78, 5) is 9.03. The molecule has 0 bridgehead atoms. The third kappa shape index (κ3) is 4.95. The molecule has 5 heteroatoms. The number of ether oxygens (including phenoxy) is 1. The van der Waals surface area contributed by atoms with Gasteiger partial charge in [0.05, 0.1) is 13.2 Å². The van der Waals surface area contributed by atoms with Crippen molar-refractivity contribution in [3.05, 3.63) is 34.9 Å². The molecule has 1 N–H and O–H groups in total. The molecule has 1 fully saturated rings. The van der Waals surface area contributed by atoms with Crippen LogP contribution in [0.25, 0.3) is 0 Å². The first-order chi connectivity index (χ1) is 11.7. The molecule has 0 aliphatic carbocycles. The maximum atomic E-state index is 6.06. The lowest BCUT2D eigenvalue weighted by Crippen LogP contribution is -2.54. The van der Waals surface area contributed by atoms with E-state index >= 15 is 0 Å². The minimum absolute atomic E-state index is 0.0647. The highest BCUT2D eigenvalue weighted by molar-refractivity contribution is 5.80. The maximum absolute atomic E-state index is 6.06. The second kappa shape index (κ2) is 8.19. The van der Waals surface area contributed by atoms with Crippen LogP contribution in [0.2, 0.25) is 0 Å². The lowest BCUT2D eigenvalue weighted by Gasteiger charge is -2.38. The molecule has 1 aromatic rings. The van der Waals surface area contributed by atoms with Crippen LogP contribution in [-0.2, 0) is 4.74 Å². The van der Waals surface area contributed by atoms with E-state index in [1.54, 1.807) is 0 Å². The molecule has 1 saturated heterocycles. The molecule has 0 aromatic heterocycles. The van der Waals surface area contributed by atoms with Gasteiger partial charge < -0.3 is 19.9 Å². The summed E-state index contributed by atoms with van der Waals surface area (Å²) in [6.45, 7) is 12.0. The fourth-order valence-electron chi connectivity index (χ4n) is 3.00. The Morgan fingerprint density at radius 3 is 2.68 bits per heavy atom.